The molecule has 0 saturated carbocycles. The van der Waals surface area contributed by atoms with E-state index in [4.69, 9.17) is 9.47 Å². The minimum atomic E-state index is -0.209. The summed E-state index contributed by atoms with van der Waals surface area (Å²) in [6.07, 6.45) is 0.952. The van der Waals surface area contributed by atoms with Gasteiger partial charge in [0.25, 0.3) is 0 Å². The van der Waals surface area contributed by atoms with Crippen LogP contribution in [0.1, 0.15) is 13.3 Å². The van der Waals surface area contributed by atoms with E-state index in [2.05, 4.69) is 11.9 Å². The molecule has 0 aliphatic heterocycles. The summed E-state index contributed by atoms with van der Waals surface area (Å²) < 4.78 is 10.6. The Bertz CT molecular complexity index is 945. The zero-order valence-electron chi connectivity index (χ0n) is 14.8. The molecule has 0 atom stereocenters. The van der Waals surface area contributed by atoms with E-state index in [9.17, 15) is 9.90 Å². The number of benzene rings is 2. The number of hydrogen-bond donors (Lipinski definition) is 2. The van der Waals surface area contributed by atoms with E-state index in [1.165, 1.54) is 7.11 Å². The number of phenolic OH excluding ortho intramolecular Hbond substituents is 1. The fourth-order valence-electron chi connectivity index (χ4n) is 2.69. The number of phenols is 1. The van der Waals surface area contributed by atoms with Crippen LogP contribution in [0.2, 0.25) is 0 Å². The van der Waals surface area contributed by atoms with Crippen LogP contribution in [0.5, 0.6) is 17.2 Å². The lowest BCUT2D eigenvalue weighted by molar-refractivity contribution is 0.317. The number of H-pyrrole nitrogens is 1. The van der Waals surface area contributed by atoms with Gasteiger partial charge in [0.1, 0.15) is 5.75 Å². The zero-order valence-corrected chi connectivity index (χ0v) is 14.8. The number of aromatic amines is 1. The number of nitrogens with one attached hydrogen (secondary N) is 1. The van der Waals surface area contributed by atoms with Gasteiger partial charge in [-0.25, -0.2) is 0 Å². The molecule has 0 radical (unpaired) electrons. The number of pyridine rings is 1. The molecular formula is C21H21NO4. The molecule has 0 aliphatic carbocycles. The lowest BCUT2D eigenvalue weighted by Crippen LogP contribution is -2.05. The molecule has 5 nitrogen and oxygen atoms in total. The predicted molar refractivity (Wildman–Crippen MR) is 102 cm³/mol. The lowest BCUT2D eigenvalue weighted by atomic mass is 10.0. The number of aromatic nitrogens is 1. The molecule has 26 heavy (non-hydrogen) atoms. The maximum atomic E-state index is 12.1. The quantitative estimate of drug-likeness (QED) is 0.698. The molecule has 0 saturated heterocycles. The van der Waals surface area contributed by atoms with Gasteiger partial charge in [-0.3, -0.25) is 4.79 Å². The van der Waals surface area contributed by atoms with Gasteiger partial charge in [-0.1, -0.05) is 19.1 Å². The first kappa shape index (κ1) is 17.6. The molecule has 1 aromatic heterocycles. The molecule has 5 heteroatoms. The van der Waals surface area contributed by atoms with Gasteiger partial charge in [-0.05, 0) is 53.9 Å². The Morgan fingerprint density at radius 3 is 2.35 bits per heavy atom. The van der Waals surface area contributed by atoms with Crippen molar-refractivity contribution < 1.29 is 14.6 Å². The van der Waals surface area contributed by atoms with Gasteiger partial charge in [0, 0.05) is 17.3 Å². The van der Waals surface area contributed by atoms with E-state index in [0.29, 0.717) is 23.6 Å². The van der Waals surface area contributed by atoms with Crippen molar-refractivity contribution >= 4 is 0 Å². The molecule has 3 aromatic rings. The monoisotopic (exact) mass is 351 g/mol. The van der Waals surface area contributed by atoms with Crippen LogP contribution in [0, 0.1) is 0 Å². The van der Waals surface area contributed by atoms with Crippen molar-refractivity contribution in [2.75, 3.05) is 13.7 Å². The SMILES string of the molecule is CCCOc1ccc(-c2cc(-c3ccc(OC)c(O)c3)[nH]c(=O)c2)cc1. The highest BCUT2D eigenvalue weighted by atomic mass is 16.5. The highest BCUT2D eigenvalue weighted by molar-refractivity contribution is 5.71. The Labute approximate surface area is 151 Å². The van der Waals surface area contributed by atoms with Gasteiger partial charge < -0.3 is 19.6 Å². The van der Waals surface area contributed by atoms with Crippen LogP contribution >= 0.6 is 0 Å². The summed E-state index contributed by atoms with van der Waals surface area (Å²) in [5.74, 6) is 1.21. The Hall–Kier alpha value is -3.21. The summed E-state index contributed by atoms with van der Waals surface area (Å²) in [6.45, 7) is 2.73. The number of aromatic hydroxyl groups is 1. The zero-order chi connectivity index (χ0) is 18.5. The van der Waals surface area contributed by atoms with Gasteiger partial charge in [0.05, 0.1) is 13.7 Å². The summed E-state index contributed by atoms with van der Waals surface area (Å²) in [7, 11) is 1.49. The van der Waals surface area contributed by atoms with Crippen molar-refractivity contribution in [2.24, 2.45) is 0 Å². The maximum absolute atomic E-state index is 12.1. The predicted octanol–water partition coefficient (Wildman–Crippen LogP) is 4.21. The van der Waals surface area contributed by atoms with E-state index in [-0.39, 0.29) is 11.3 Å². The lowest BCUT2D eigenvalue weighted by Gasteiger charge is -2.09. The molecule has 0 fully saturated rings. The first-order valence-corrected chi connectivity index (χ1v) is 8.45. The van der Waals surface area contributed by atoms with Gasteiger partial charge in [0.15, 0.2) is 11.5 Å². The van der Waals surface area contributed by atoms with E-state index >= 15 is 0 Å². The standard InChI is InChI=1S/C21H21NO4/c1-3-10-26-17-7-4-14(5-8-17)16-11-18(22-21(24)13-16)15-6-9-20(25-2)19(23)12-15/h4-9,11-13,23H,3,10H2,1-2H3,(H,22,24). The fourth-order valence-corrected chi connectivity index (χ4v) is 2.69. The smallest absolute Gasteiger partial charge is 0.249 e. The highest BCUT2D eigenvalue weighted by Crippen LogP contribution is 2.31. The average molecular weight is 351 g/mol. The van der Waals surface area contributed by atoms with Crippen molar-refractivity contribution in [3.63, 3.8) is 0 Å². The summed E-state index contributed by atoms with van der Waals surface area (Å²) in [6, 6.07) is 16.1. The number of hydrogen-bond acceptors (Lipinski definition) is 4. The normalized spacial score (nSPS) is 10.5. The molecule has 0 spiro atoms. The van der Waals surface area contributed by atoms with E-state index in [1.807, 2.05) is 30.3 Å². The van der Waals surface area contributed by atoms with Crippen LogP contribution in [0.15, 0.2) is 59.4 Å². The summed E-state index contributed by atoms with van der Waals surface area (Å²) in [4.78, 5) is 14.9. The molecule has 2 aromatic carbocycles. The molecule has 134 valence electrons. The third kappa shape index (κ3) is 3.88. The molecule has 3 rings (SSSR count). The van der Waals surface area contributed by atoms with Crippen molar-refractivity contribution in [1.29, 1.82) is 0 Å². The fraction of sp³-hybridized carbons (Fsp3) is 0.190. The highest BCUT2D eigenvalue weighted by Gasteiger charge is 2.08. The third-order valence-corrected chi connectivity index (χ3v) is 3.99. The molecule has 0 unspecified atom stereocenters. The molecule has 0 amide bonds. The van der Waals surface area contributed by atoms with Gasteiger partial charge >= 0.3 is 0 Å². The third-order valence-electron chi connectivity index (χ3n) is 3.99. The van der Waals surface area contributed by atoms with E-state index in [0.717, 1.165) is 23.3 Å². The Morgan fingerprint density at radius 1 is 0.962 bits per heavy atom. The van der Waals surface area contributed by atoms with Crippen LogP contribution in [-0.4, -0.2) is 23.8 Å². The summed E-state index contributed by atoms with van der Waals surface area (Å²) in [5.41, 5.74) is 2.82. The van der Waals surface area contributed by atoms with Crippen LogP contribution in [0.3, 0.4) is 0 Å². The first-order valence-electron chi connectivity index (χ1n) is 8.45. The minimum absolute atomic E-state index is 0.0219. The second-order valence-corrected chi connectivity index (χ2v) is 5.91. The van der Waals surface area contributed by atoms with Crippen molar-refractivity contribution in [2.45, 2.75) is 13.3 Å². The second-order valence-electron chi connectivity index (χ2n) is 5.91. The van der Waals surface area contributed by atoms with Crippen LogP contribution in [-0.2, 0) is 0 Å². The minimum Gasteiger partial charge on any atom is -0.504 e. The topological polar surface area (TPSA) is 71.5 Å². The largest absolute Gasteiger partial charge is 0.504 e. The molecule has 1 heterocycles. The van der Waals surface area contributed by atoms with Gasteiger partial charge in [-0.2, -0.15) is 0 Å². The summed E-state index contributed by atoms with van der Waals surface area (Å²) in [5, 5.41) is 9.98. The van der Waals surface area contributed by atoms with Crippen molar-refractivity contribution in [3.05, 3.63) is 65.0 Å². The second kappa shape index (κ2) is 7.78. The van der Waals surface area contributed by atoms with Crippen molar-refractivity contribution in [1.82, 2.24) is 4.98 Å². The van der Waals surface area contributed by atoms with Crippen molar-refractivity contribution in [3.8, 4) is 39.6 Å². The van der Waals surface area contributed by atoms with Crippen LogP contribution in [0.25, 0.3) is 22.4 Å². The number of ether oxygens (including phenoxy) is 2. The van der Waals surface area contributed by atoms with Crippen LogP contribution in [0.4, 0.5) is 0 Å². The average Bonchev–Trinajstić information content (AvgIpc) is 2.66. The van der Waals surface area contributed by atoms with E-state index < -0.39 is 0 Å². The number of methoxy groups -OCH3 is 1. The van der Waals surface area contributed by atoms with Gasteiger partial charge in [0.2, 0.25) is 5.56 Å². The van der Waals surface area contributed by atoms with E-state index in [1.54, 1.807) is 24.3 Å². The maximum Gasteiger partial charge on any atom is 0.249 e. The summed E-state index contributed by atoms with van der Waals surface area (Å²) >= 11 is 0. The number of rotatable bonds is 6. The van der Waals surface area contributed by atoms with Crippen LogP contribution < -0.4 is 15.0 Å². The molecule has 0 aliphatic rings. The first-order chi connectivity index (χ1) is 12.6. The molecular weight excluding hydrogens is 330 g/mol. The Balaban J connectivity index is 1.95. The molecule has 0 bridgehead atoms. The Morgan fingerprint density at radius 2 is 1.69 bits per heavy atom. The Kier molecular flexibility index (Phi) is 5.27. The van der Waals surface area contributed by atoms with Gasteiger partial charge in [-0.15, -0.1) is 0 Å². The molecule has 2 N–H and O–H groups in total.